The topological polar surface area (TPSA) is 71.3 Å². The Labute approximate surface area is 160 Å². The molecular weight excluding hydrogens is 340 g/mol. The Morgan fingerprint density at radius 1 is 1.19 bits per heavy atom. The van der Waals surface area contributed by atoms with Crippen molar-refractivity contribution in [1.29, 1.82) is 5.26 Å². The van der Waals surface area contributed by atoms with Crippen molar-refractivity contribution < 1.29 is 14.3 Å². The summed E-state index contributed by atoms with van der Waals surface area (Å²) in [6.07, 6.45) is 2.16. The lowest BCUT2D eigenvalue weighted by molar-refractivity contribution is -0.117. The number of para-hydroxylation sites is 1. The molecule has 0 saturated heterocycles. The molecule has 0 heterocycles. The molecule has 0 atom stereocenters. The predicted octanol–water partition coefficient (Wildman–Crippen LogP) is 3.75. The van der Waals surface area contributed by atoms with Gasteiger partial charge in [-0.25, -0.2) is 0 Å². The van der Waals surface area contributed by atoms with Crippen molar-refractivity contribution in [2.24, 2.45) is 0 Å². The number of ether oxygens (including phenoxy) is 2. The van der Waals surface area contributed by atoms with Gasteiger partial charge in [0.25, 0.3) is 5.91 Å². The SMILES string of the molecule is COc1cccc(/C=C(/C#N)C(=O)NCCc2ccccc2)c1OC(C)C. The summed E-state index contributed by atoms with van der Waals surface area (Å²) < 4.78 is 11.2. The molecular formula is C22H24N2O3. The van der Waals surface area contributed by atoms with E-state index in [0.29, 0.717) is 30.0 Å². The molecule has 1 N–H and O–H groups in total. The van der Waals surface area contributed by atoms with Crippen LogP contribution >= 0.6 is 0 Å². The standard InChI is InChI=1S/C22H24N2O3/c1-16(2)27-21-18(10-7-11-20(21)26-3)14-19(15-23)22(25)24-13-12-17-8-5-4-6-9-17/h4-11,14,16H,12-13H2,1-3H3,(H,24,25)/b19-14-. The van der Waals surface area contributed by atoms with Crippen LogP contribution in [0, 0.1) is 11.3 Å². The molecule has 5 nitrogen and oxygen atoms in total. The lowest BCUT2D eigenvalue weighted by Crippen LogP contribution is -2.26. The second kappa shape index (κ2) is 10.0. The molecule has 5 heteroatoms. The van der Waals surface area contributed by atoms with Crippen molar-refractivity contribution >= 4 is 12.0 Å². The first-order valence-electron chi connectivity index (χ1n) is 8.82. The lowest BCUT2D eigenvalue weighted by atomic mass is 10.1. The van der Waals surface area contributed by atoms with E-state index in [-0.39, 0.29) is 11.7 Å². The van der Waals surface area contributed by atoms with E-state index in [1.165, 1.54) is 6.08 Å². The van der Waals surface area contributed by atoms with Crippen molar-refractivity contribution in [3.8, 4) is 17.6 Å². The van der Waals surface area contributed by atoms with Crippen molar-refractivity contribution in [3.05, 3.63) is 65.2 Å². The van der Waals surface area contributed by atoms with E-state index < -0.39 is 5.91 Å². The minimum atomic E-state index is -0.410. The van der Waals surface area contributed by atoms with E-state index in [9.17, 15) is 10.1 Å². The highest BCUT2D eigenvalue weighted by Crippen LogP contribution is 2.33. The molecule has 1 amide bonds. The summed E-state index contributed by atoms with van der Waals surface area (Å²) in [6.45, 7) is 4.26. The van der Waals surface area contributed by atoms with Crippen LogP contribution in [-0.4, -0.2) is 25.7 Å². The number of nitrogens with one attached hydrogen (secondary N) is 1. The second-order valence-electron chi connectivity index (χ2n) is 6.21. The number of amides is 1. The number of hydrogen-bond donors (Lipinski definition) is 1. The normalized spacial score (nSPS) is 11.0. The maximum absolute atomic E-state index is 12.4. The zero-order valence-electron chi connectivity index (χ0n) is 15.9. The maximum Gasteiger partial charge on any atom is 0.261 e. The molecule has 0 radical (unpaired) electrons. The molecule has 0 aliphatic carbocycles. The number of rotatable bonds is 8. The summed E-state index contributed by atoms with van der Waals surface area (Å²) in [5.41, 5.74) is 1.77. The molecule has 0 fully saturated rings. The molecule has 27 heavy (non-hydrogen) atoms. The molecule has 0 spiro atoms. The maximum atomic E-state index is 12.4. The van der Waals surface area contributed by atoms with Crippen LogP contribution in [0.2, 0.25) is 0 Å². The van der Waals surface area contributed by atoms with Gasteiger partial charge in [0, 0.05) is 12.1 Å². The number of benzene rings is 2. The number of methoxy groups -OCH3 is 1. The predicted molar refractivity (Wildman–Crippen MR) is 106 cm³/mol. The Kier molecular flexibility index (Phi) is 7.45. The monoisotopic (exact) mass is 364 g/mol. The quantitative estimate of drug-likeness (QED) is 0.572. The number of carbonyl (C=O) groups excluding carboxylic acids is 1. The van der Waals surface area contributed by atoms with Gasteiger partial charge in [-0.3, -0.25) is 4.79 Å². The van der Waals surface area contributed by atoms with Crippen LogP contribution in [0.25, 0.3) is 6.08 Å². The van der Waals surface area contributed by atoms with Crippen LogP contribution in [-0.2, 0) is 11.2 Å². The van der Waals surface area contributed by atoms with Crippen LogP contribution < -0.4 is 14.8 Å². The zero-order chi connectivity index (χ0) is 19.6. The molecule has 0 aliphatic rings. The van der Waals surface area contributed by atoms with Crippen molar-refractivity contribution in [2.75, 3.05) is 13.7 Å². The van der Waals surface area contributed by atoms with E-state index in [2.05, 4.69) is 5.32 Å². The first-order valence-corrected chi connectivity index (χ1v) is 8.82. The highest BCUT2D eigenvalue weighted by Gasteiger charge is 2.14. The Bertz CT molecular complexity index is 836. The number of nitriles is 1. The summed E-state index contributed by atoms with van der Waals surface area (Å²) in [5, 5.41) is 12.2. The summed E-state index contributed by atoms with van der Waals surface area (Å²) in [4.78, 5) is 12.4. The van der Waals surface area contributed by atoms with Gasteiger partial charge in [0.15, 0.2) is 11.5 Å². The van der Waals surface area contributed by atoms with Crippen LogP contribution in [0.4, 0.5) is 0 Å². The largest absolute Gasteiger partial charge is 0.493 e. The third-order valence-electron chi connectivity index (χ3n) is 3.79. The first-order chi connectivity index (χ1) is 13.0. The van der Waals surface area contributed by atoms with Crippen molar-refractivity contribution in [3.63, 3.8) is 0 Å². The van der Waals surface area contributed by atoms with E-state index in [0.717, 1.165) is 5.56 Å². The van der Waals surface area contributed by atoms with Gasteiger partial charge in [-0.15, -0.1) is 0 Å². The molecule has 0 saturated carbocycles. The Morgan fingerprint density at radius 2 is 1.93 bits per heavy atom. The van der Waals surface area contributed by atoms with E-state index in [1.807, 2.05) is 50.2 Å². The summed E-state index contributed by atoms with van der Waals surface area (Å²) in [5.74, 6) is 0.658. The summed E-state index contributed by atoms with van der Waals surface area (Å²) >= 11 is 0. The lowest BCUT2D eigenvalue weighted by Gasteiger charge is -2.16. The molecule has 2 rings (SSSR count). The average molecular weight is 364 g/mol. The van der Waals surface area contributed by atoms with Crippen LogP contribution in [0.5, 0.6) is 11.5 Å². The van der Waals surface area contributed by atoms with E-state index >= 15 is 0 Å². The second-order valence-corrected chi connectivity index (χ2v) is 6.21. The average Bonchev–Trinajstić information content (AvgIpc) is 2.67. The van der Waals surface area contributed by atoms with Gasteiger partial charge in [0.1, 0.15) is 11.6 Å². The van der Waals surface area contributed by atoms with Crippen LogP contribution in [0.1, 0.15) is 25.0 Å². The molecule has 2 aromatic rings. The molecule has 0 aliphatic heterocycles. The Balaban J connectivity index is 2.15. The fourth-order valence-electron chi connectivity index (χ4n) is 2.53. The third-order valence-corrected chi connectivity index (χ3v) is 3.79. The van der Waals surface area contributed by atoms with Gasteiger partial charge in [0.05, 0.1) is 13.2 Å². The van der Waals surface area contributed by atoms with Crippen LogP contribution in [0.3, 0.4) is 0 Å². The molecule has 140 valence electrons. The molecule has 2 aromatic carbocycles. The minimum absolute atomic E-state index is 0.0184. The van der Waals surface area contributed by atoms with E-state index in [1.54, 1.807) is 25.3 Å². The fraction of sp³-hybridized carbons (Fsp3) is 0.273. The molecule has 0 aromatic heterocycles. The van der Waals surface area contributed by atoms with Crippen molar-refractivity contribution in [2.45, 2.75) is 26.4 Å². The van der Waals surface area contributed by atoms with Gasteiger partial charge < -0.3 is 14.8 Å². The van der Waals surface area contributed by atoms with Gasteiger partial charge in [-0.05, 0) is 38.0 Å². The third kappa shape index (κ3) is 5.89. The van der Waals surface area contributed by atoms with Gasteiger partial charge in [-0.2, -0.15) is 5.26 Å². The van der Waals surface area contributed by atoms with Crippen molar-refractivity contribution in [1.82, 2.24) is 5.32 Å². The van der Waals surface area contributed by atoms with Crippen LogP contribution in [0.15, 0.2) is 54.1 Å². The number of hydrogen-bond acceptors (Lipinski definition) is 4. The molecule has 0 bridgehead atoms. The summed E-state index contributed by atoms with van der Waals surface area (Å²) in [7, 11) is 1.55. The Hall–Kier alpha value is -3.26. The molecule has 0 unspecified atom stereocenters. The van der Waals surface area contributed by atoms with Gasteiger partial charge in [-0.1, -0.05) is 42.5 Å². The number of carbonyl (C=O) groups is 1. The Morgan fingerprint density at radius 3 is 2.56 bits per heavy atom. The first kappa shape index (κ1) is 20.1. The number of nitrogens with zero attached hydrogens (tertiary/aromatic N) is 1. The smallest absolute Gasteiger partial charge is 0.261 e. The summed E-state index contributed by atoms with van der Waals surface area (Å²) in [6, 6.07) is 17.2. The minimum Gasteiger partial charge on any atom is -0.493 e. The highest BCUT2D eigenvalue weighted by molar-refractivity contribution is 6.02. The fourth-order valence-corrected chi connectivity index (χ4v) is 2.53. The van der Waals surface area contributed by atoms with Gasteiger partial charge >= 0.3 is 0 Å². The van der Waals surface area contributed by atoms with E-state index in [4.69, 9.17) is 9.47 Å². The van der Waals surface area contributed by atoms with Gasteiger partial charge in [0.2, 0.25) is 0 Å². The zero-order valence-corrected chi connectivity index (χ0v) is 15.9. The highest BCUT2D eigenvalue weighted by atomic mass is 16.5.